The molecule has 1 saturated heterocycles. The molecule has 0 spiro atoms. The normalized spacial score (nSPS) is 14.7. The zero-order chi connectivity index (χ0) is 14.3. The zero-order valence-electron chi connectivity index (χ0n) is 10.9. The number of hydrogen-bond donors (Lipinski definition) is 1. The van der Waals surface area contributed by atoms with Crippen LogP contribution in [0.25, 0.3) is 0 Å². The van der Waals surface area contributed by atoms with Crippen molar-refractivity contribution in [2.24, 2.45) is 0 Å². The number of thioether (sulfide) groups is 1. The van der Waals surface area contributed by atoms with Crippen LogP contribution in [0.3, 0.4) is 0 Å². The van der Waals surface area contributed by atoms with Crippen LogP contribution in [-0.2, 0) is 14.4 Å². The molecule has 1 N–H and O–H groups in total. The number of nitrogens with one attached hydrogen (secondary N) is 1. The van der Waals surface area contributed by atoms with E-state index >= 15 is 0 Å². The number of hydrogen-bond acceptors (Lipinski definition) is 5. The van der Waals surface area contributed by atoms with Crippen LogP contribution in [0.4, 0.5) is 4.79 Å². The van der Waals surface area contributed by atoms with Gasteiger partial charge in [-0.25, -0.2) is 4.79 Å². The molecule has 3 amide bonds. The van der Waals surface area contributed by atoms with Crippen molar-refractivity contribution in [2.75, 3.05) is 24.6 Å². The van der Waals surface area contributed by atoms with Crippen LogP contribution in [0.5, 0.6) is 0 Å². The number of amides is 3. The second-order valence-electron chi connectivity index (χ2n) is 4.23. The quantitative estimate of drug-likeness (QED) is 0.628. The largest absolute Gasteiger partial charge is 0.329 e. The predicted octanol–water partition coefficient (Wildman–Crippen LogP) is 0.600. The van der Waals surface area contributed by atoms with Crippen LogP contribution in [0.2, 0.25) is 0 Å². The highest BCUT2D eigenvalue weighted by atomic mass is 32.2. The lowest BCUT2D eigenvalue weighted by Gasteiger charge is -2.11. The minimum Gasteiger partial charge on any atom is -0.329 e. The summed E-state index contributed by atoms with van der Waals surface area (Å²) in [6.45, 7) is 2.11. The Hall–Kier alpha value is -1.37. The fraction of sp³-hybridized carbons (Fsp3) is 0.667. The van der Waals surface area contributed by atoms with E-state index in [1.165, 1.54) is 11.8 Å². The van der Waals surface area contributed by atoms with Crippen molar-refractivity contribution < 1.29 is 19.2 Å². The third kappa shape index (κ3) is 5.42. The van der Waals surface area contributed by atoms with Gasteiger partial charge in [0.05, 0.1) is 18.1 Å². The van der Waals surface area contributed by atoms with Gasteiger partial charge in [0.15, 0.2) is 0 Å². The molecular weight excluding hydrogens is 268 g/mol. The Kier molecular flexibility index (Phi) is 6.55. The van der Waals surface area contributed by atoms with Crippen molar-refractivity contribution in [3.63, 3.8) is 0 Å². The first-order valence-electron chi connectivity index (χ1n) is 6.24. The summed E-state index contributed by atoms with van der Waals surface area (Å²) in [4.78, 5) is 46.1. The molecule has 19 heavy (non-hydrogen) atoms. The van der Waals surface area contributed by atoms with E-state index in [9.17, 15) is 19.2 Å². The highest BCUT2D eigenvalue weighted by Gasteiger charge is 2.27. The maximum atomic E-state index is 11.5. The Labute approximate surface area is 116 Å². The second-order valence-corrected chi connectivity index (χ2v) is 5.22. The molecule has 1 rings (SSSR count). The van der Waals surface area contributed by atoms with E-state index in [2.05, 4.69) is 5.32 Å². The van der Waals surface area contributed by atoms with Gasteiger partial charge in [-0.1, -0.05) is 6.92 Å². The van der Waals surface area contributed by atoms with E-state index < -0.39 is 0 Å². The summed E-state index contributed by atoms with van der Waals surface area (Å²) in [7, 11) is 0. The van der Waals surface area contributed by atoms with Gasteiger partial charge in [-0.2, -0.15) is 0 Å². The average Bonchev–Trinajstić information content (AvgIpc) is 2.70. The average molecular weight is 286 g/mol. The highest BCUT2D eigenvalue weighted by Crippen LogP contribution is 2.07. The van der Waals surface area contributed by atoms with Crippen LogP contribution in [0.1, 0.15) is 26.2 Å². The lowest BCUT2D eigenvalue weighted by molar-refractivity contribution is -0.125. The van der Waals surface area contributed by atoms with Crippen LogP contribution in [0.15, 0.2) is 0 Å². The Morgan fingerprint density at radius 3 is 2.53 bits per heavy atom. The van der Waals surface area contributed by atoms with E-state index in [0.29, 0.717) is 30.8 Å². The minimum absolute atomic E-state index is 0.0426. The van der Waals surface area contributed by atoms with Crippen LogP contribution in [-0.4, -0.2) is 53.0 Å². The molecule has 1 aliphatic heterocycles. The van der Waals surface area contributed by atoms with Crippen molar-refractivity contribution >= 4 is 35.3 Å². The first-order chi connectivity index (χ1) is 9.04. The molecule has 1 aliphatic rings. The Bertz CT molecular complexity index is 368. The molecule has 6 nitrogen and oxygen atoms in total. The number of urea groups is 1. The van der Waals surface area contributed by atoms with Crippen molar-refractivity contribution in [3.8, 4) is 0 Å². The predicted molar refractivity (Wildman–Crippen MR) is 72.0 cm³/mol. The molecule has 0 saturated carbocycles. The lowest BCUT2D eigenvalue weighted by Crippen LogP contribution is -2.32. The molecule has 0 bridgehead atoms. The summed E-state index contributed by atoms with van der Waals surface area (Å²) in [5, 5.41) is 2.42. The lowest BCUT2D eigenvalue weighted by atomic mass is 10.2. The summed E-state index contributed by atoms with van der Waals surface area (Å²) in [5.41, 5.74) is 0. The molecule has 0 aromatic rings. The molecule has 0 aromatic heterocycles. The van der Waals surface area contributed by atoms with Gasteiger partial charge < -0.3 is 5.32 Å². The first kappa shape index (κ1) is 15.7. The van der Waals surface area contributed by atoms with E-state index in [0.717, 1.165) is 4.90 Å². The topological polar surface area (TPSA) is 83.6 Å². The molecule has 1 heterocycles. The third-order valence-corrected chi connectivity index (χ3v) is 3.75. The number of carbonyl (C=O) groups is 4. The summed E-state index contributed by atoms with van der Waals surface area (Å²) in [6, 6.07) is -0.389. The van der Waals surface area contributed by atoms with Crippen molar-refractivity contribution in [2.45, 2.75) is 26.2 Å². The molecule has 0 aliphatic carbocycles. The zero-order valence-corrected chi connectivity index (χ0v) is 11.8. The molecule has 7 heteroatoms. The molecule has 106 valence electrons. The number of carbonyl (C=O) groups excluding carboxylic acids is 4. The van der Waals surface area contributed by atoms with E-state index in [1.807, 2.05) is 0 Å². The molecule has 0 unspecified atom stereocenters. The van der Waals surface area contributed by atoms with Crippen LogP contribution in [0, 0.1) is 0 Å². The van der Waals surface area contributed by atoms with Crippen molar-refractivity contribution in [1.29, 1.82) is 0 Å². The number of Topliss-reactive ketones (excluding diaryl/α,β-unsaturated/α-hetero) is 2. The van der Waals surface area contributed by atoms with Gasteiger partial charge >= 0.3 is 6.03 Å². The van der Waals surface area contributed by atoms with E-state index in [1.54, 1.807) is 6.92 Å². The second kappa shape index (κ2) is 7.93. The monoisotopic (exact) mass is 286 g/mol. The van der Waals surface area contributed by atoms with Gasteiger partial charge in [0, 0.05) is 19.4 Å². The summed E-state index contributed by atoms with van der Waals surface area (Å²) >= 11 is 1.32. The highest BCUT2D eigenvalue weighted by molar-refractivity contribution is 8.00. The van der Waals surface area contributed by atoms with E-state index in [-0.39, 0.29) is 36.6 Å². The van der Waals surface area contributed by atoms with Crippen molar-refractivity contribution in [1.82, 2.24) is 10.2 Å². The first-order valence-corrected chi connectivity index (χ1v) is 7.39. The summed E-state index contributed by atoms with van der Waals surface area (Å²) < 4.78 is 0. The van der Waals surface area contributed by atoms with Crippen LogP contribution < -0.4 is 5.32 Å². The third-order valence-electron chi connectivity index (χ3n) is 2.69. The molecule has 0 radical (unpaired) electrons. The van der Waals surface area contributed by atoms with Gasteiger partial charge in [0.1, 0.15) is 11.6 Å². The smallest absolute Gasteiger partial charge is 0.324 e. The van der Waals surface area contributed by atoms with Gasteiger partial charge in [0.25, 0.3) is 0 Å². The standard InChI is InChI=1S/C12H18N2O4S/c1-2-9(15)7-19-8-10(16)4-3-5-14-11(17)6-13-12(14)18/h2-8H2,1H3,(H,13,18). The van der Waals surface area contributed by atoms with Gasteiger partial charge in [0.2, 0.25) is 5.91 Å². The maximum Gasteiger partial charge on any atom is 0.324 e. The molecule has 0 aromatic carbocycles. The SMILES string of the molecule is CCC(=O)CSCC(=O)CCCN1C(=O)CNC1=O. The Morgan fingerprint density at radius 2 is 1.95 bits per heavy atom. The fourth-order valence-electron chi connectivity index (χ4n) is 1.57. The molecular formula is C12H18N2O4S. The fourth-order valence-corrected chi connectivity index (χ4v) is 2.47. The summed E-state index contributed by atoms with van der Waals surface area (Å²) in [6.07, 6.45) is 1.29. The van der Waals surface area contributed by atoms with E-state index in [4.69, 9.17) is 0 Å². The number of rotatable bonds is 9. The molecule has 0 atom stereocenters. The molecule has 1 fully saturated rings. The van der Waals surface area contributed by atoms with Gasteiger partial charge in [-0.3, -0.25) is 19.3 Å². The summed E-state index contributed by atoms with van der Waals surface area (Å²) in [5.74, 6) is 0.611. The number of ketones is 2. The van der Waals surface area contributed by atoms with Crippen LogP contribution >= 0.6 is 11.8 Å². The van der Waals surface area contributed by atoms with Gasteiger partial charge in [-0.05, 0) is 6.42 Å². The number of imide groups is 1. The Morgan fingerprint density at radius 1 is 1.26 bits per heavy atom. The van der Waals surface area contributed by atoms with Crippen molar-refractivity contribution in [3.05, 3.63) is 0 Å². The maximum absolute atomic E-state index is 11.5. The minimum atomic E-state index is -0.389. The van der Waals surface area contributed by atoms with Gasteiger partial charge in [-0.15, -0.1) is 11.8 Å². The Balaban J connectivity index is 2.12. The number of nitrogens with zero attached hydrogens (tertiary/aromatic N) is 1.